The zero-order valence-corrected chi connectivity index (χ0v) is 16.0. The smallest absolute Gasteiger partial charge is 0.245 e. The highest BCUT2D eigenvalue weighted by atomic mass is 19.1. The van der Waals surface area contributed by atoms with Gasteiger partial charge >= 0.3 is 0 Å². The van der Waals surface area contributed by atoms with Crippen molar-refractivity contribution in [3.63, 3.8) is 0 Å². The van der Waals surface area contributed by atoms with Gasteiger partial charge in [0.2, 0.25) is 5.91 Å². The number of rotatable bonds is 6. The predicted molar refractivity (Wildman–Crippen MR) is 107 cm³/mol. The van der Waals surface area contributed by atoms with E-state index in [0.717, 1.165) is 32.7 Å². The first kappa shape index (κ1) is 19.8. The molecule has 1 aliphatic heterocycles. The van der Waals surface area contributed by atoms with Crippen molar-refractivity contribution in [3.05, 3.63) is 59.9 Å². The maximum Gasteiger partial charge on any atom is 0.245 e. The molecule has 6 nitrogen and oxygen atoms in total. The summed E-state index contributed by atoms with van der Waals surface area (Å²) in [6.07, 6.45) is 0.368. The minimum Gasteiger partial charge on any atom is -0.507 e. The fourth-order valence-corrected chi connectivity index (χ4v) is 3.32. The standard InChI is InChI=1S/C21H25FN4O2/c1-16(19-15-17(22)7-8-20(19)27)23-24-21(28)9-10-25-11-13-26(14-12-25)18-5-3-2-4-6-18/h2-8,15,27H,9-14H2,1H3,(H,24,28)/p+1/b23-16+. The molecule has 0 atom stereocenters. The molecule has 0 aliphatic carbocycles. The van der Waals surface area contributed by atoms with E-state index in [-0.39, 0.29) is 17.2 Å². The van der Waals surface area contributed by atoms with Crippen LogP contribution in [0.1, 0.15) is 18.9 Å². The second-order valence-electron chi connectivity index (χ2n) is 6.97. The van der Waals surface area contributed by atoms with Crippen LogP contribution in [0.15, 0.2) is 53.6 Å². The van der Waals surface area contributed by atoms with Gasteiger partial charge in [-0.2, -0.15) is 5.10 Å². The average molecular weight is 385 g/mol. The fraction of sp³-hybridized carbons (Fsp3) is 0.333. The molecular weight excluding hydrogens is 359 g/mol. The number of anilines is 1. The number of halogens is 1. The third-order valence-corrected chi connectivity index (χ3v) is 4.99. The van der Waals surface area contributed by atoms with Crippen LogP contribution < -0.4 is 15.2 Å². The van der Waals surface area contributed by atoms with Crippen LogP contribution in [0.25, 0.3) is 0 Å². The summed E-state index contributed by atoms with van der Waals surface area (Å²) < 4.78 is 13.3. The first-order valence-corrected chi connectivity index (χ1v) is 9.48. The number of nitrogens with zero attached hydrogens (tertiary/aromatic N) is 2. The SMILES string of the molecule is C/C(=N\NC(=O)CC[NH+]1CCN(c2ccccc2)CC1)c1cc(F)ccc1O. The zero-order valence-electron chi connectivity index (χ0n) is 16.0. The molecule has 3 rings (SSSR count). The lowest BCUT2D eigenvalue weighted by molar-refractivity contribution is -0.900. The number of hydrogen-bond acceptors (Lipinski definition) is 4. The van der Waals surface area contributed by atoms with Gasteiger partial charge in [-0.05, 0) is 37.3 Å². The van der Waals surface area contributed by atoms with Crippen molar-refractivity contribution in [2.75, 3.05) is 37.6 Å². The third kappa shape index (κ3) is 5.29. The Morgan fingerprint density at radius 1 is 1.21 bits per heavy atom. The van der Waals surface area contributed by atoms with Gasteiger partial charge in [-0.15, -0.1) is 0 Å². The van der Waals surface area contributed by atoms with Crippen molar-refractivity contribution < 1.29 is 19.2 Å². The highest BCUT2D eigenvalue weighted by Crippen LogP contribution is 2.18. The van der Waals surface area contributed by atoms with Crippen LogP contribution in [0.5, 0.6) is 5.75 Å². The Morgan fingerprint density at radius 2 is 1.93 bits per heavy atom. The molecule has 2 aromatic carbocycles. The Hall–Kier alpha value is -2.93. The van der Waals surface area contributed by atoms with Gasteiger partial charge in [-0.25, -0.2) is 9.82 Å². The summed E-state index contributed by atoms with van der Waals surface area (Å²) in [5, 5.41) is 13.8. The van der Waals surface area contributed by atoms with Crippen molar-refractivity contribution in [2.45, 2.75) is 13.3 Å². The first-order valence-electron chi connectivity index (χ1n) is 9.48. The molecule has 2 aromatic rings. The molecule has 0 spiro atoms. The third-order valence-electron chi connectivity index (χ3n) is 4.99. The van der Waals surface area contributed by atoms with Crippen LogP contribution in [0.4, 0.5) is 10.1 Å². The molecule has 28 heavy (non-hydrogen) atoms. The molecule has 0 radical (unpaired) electrons. The van der Waals surface area contributed by atoms with E-state index in [1.165, 1.54) is 28.8 Å². The normalized spacial score (nSPS) is 15.5. The number of phenolic OH excluding ortho intramolecular Hbond substituents is 1. The number of benzene rings is 2. The number of amides is 1. The molecule has 148 valence electrons. The van der Waals surface area contributed by atoms with E-state index < -0.39 is 5.82 Å². The average Bonchev–Trinajstić information content (AvgIpc) is 2.73. The van der Waals surface area contributed by atoms with Crippen LogP contribution in [0.2, 0.25) is 0 Å². The Morgan fingerprint density at radius 3 is 2.64 bits per heavy atom. The van der Waals surface area contributed by atoms with Crippen molar-refractivity contribution in [1.82, 2.24) is 5.43 Å². The summed E-state index contributed by atoms with van der Waals surface area (Å²) in [6, 6.07) is 14.0. The molecule has 0 saturated carbocycles. The number of nitrogens with one attached hydrogen (secondary N) is 2. The molecule has 1 heterocycles. The Kier molecular flexibility index (Phi) is 6.60. The Balaban J connectivity index is 1.43. The lowest BCUT2D eigenvalue weighted by Crippen LogP contribution is -3.15. The number of piperazine rings is 1. The van der Waals surface area contributed by atoms with Crippen LogP contribution in [0, 0.1) is 5.82 Å². The summed E-state index contributed by atoms with van der Waals surface area (Å²) in [5.41, 5.74) is 4.36. The summed E-state index contributed by atoms with van der Waals surface area (Å²) in [4.78, 5) is 15.8. The molecule has 1 amide bonds. The minimum absolute atomic E-state index is 0.0716. The second-order valence-corrected chi connectivity index (χ2v) is 6.97. The van der Waals surface area contributed by atoms with Crippen molar-refractivity contribution >= 4 is 17.3 Å². The van der Waals surface area contributed by atoms with Gasteiger partial charge in [0.1, 0.15) is 11.6 Å². The molecule has 0 bridgehead atoms. The van der Waals surface area contributed by atoms with Gasteiger partial charge in [-0.1, -0.05) is 18.2 Å². The van der Waals surface area contributed by atoms with Gasteiger partial charge in [0.15, 0.2) is 0 Å². The number of aromatic hydroxyl groups is 1. The van der Waals surface area contributed by atoms with E-state index in [2.05, 4.69) is 27.6 Å². The maximum absolute atomic E-state index is 13.3. The first-order chi connectivity index (χ1) is 13.5. The van der Waals surface area contributed by atoms with E-state index >= 15 is 0 Å². The van der Waals surface area contributed by atoms with Crippen molar-refractivity contribution in [2.24, 2.45) is 5.10 Å². The van der Waals surface area contributed by atoms with Crippen LogP contribution in [0.3, 0.4) is 0 Å². The topological polar surface area (TPSA) is 69.4 Å². The summed E-state index contributed by atoms with van der Waals surface area (Å²) in [7, 11) is 0. The highest BCUT2D eigenvalue weighted by molar-refractivity contribution is 6.01. The maximum atomic E-state index is 13.3. The fourth-order valence-electron chi connectivity index (χ4n) is 3.32. The molecule has 0 aromatic heterocycles. The van der Waals surface area contributed by atoms with Gasteiger partial charge in [-0.3, -0.25) is 4.79 Å². The molecular formula is C21H26FN4O2+. The van der Waals surface area contributed by atoms with Gasteiger partial charge in [0, 0.05) is 11.3 Å². The monoisotopic (exact) mass is 385 g/mol. The van der Waals surface area contributed by atoms with Gasteiger partial charge in [0.05, 0.1) is 44.9 Å². The number of para-hydroxylation sites is 1. The Labute approximate surface area is 164 Å². The number of hydrazone groups is 1. The van der Waals surface area contributed by atoms with Gasteiger partial charge < -0.3 is 14.9 Å². The summed E-state index contributed by atoms with van der Waals surface area (Å²) in [6.45, 7) is 6.27. The van der Waals surface area contributed by atoms with Crippen LogP contribution in [-0.4, -0.2) is 49.4 Å². The highest BCUT2D eigenvalue weighted by Gasteiger charge is 2.20. The summed E-state index contributed by atoms with van der Waals surface area (Å²) >= 11 is 0. The minimum atomic E-state index is -0.466. The predicted octanol–water partition coefficient (Wildman–Crippen LogP) is 1.17. The quantitative estimate of drug-likeness (QED) is 0.516. The van der Waals surface area contributed by atoms with E-state index in [9.17, 15) is 14.3 Å². The molecule has 3 N–H and O–H groups in total. The van der Waals surface area contributed by atoms with Crippen LogP contribution >= 0.6 is 0 Å². The van der Waals surface area contributed by atoms with Gasteiger partial charge in [0.25, 0.3) is 0 Å². The molecule has 1 aliphatic rings. The van der Waals surface area contributed by atoms with E-state index in [1.54, 1.807) is 6.92 Å². The number of quaternary nitrogens is 1. The Bertz CT molecular complexity index is 834. The lowest BCUT2D eigenvalue weighted by atomic mass is 10.1. The van der Waals surface area contributed by atoms with Crippen molar-refractivity contribution in [3.8, 4) is 5.75 Å². The molecule has 0 unspecified atom stereocenters. The largest absolute Gasteiger partial charge is 0.507 e. The number of phenols is 1. The molecule has 1 saturated heterocycles. The second kappa shape index (κ2) is 9.32. The van der Waals surface area contributed by atoms with E-state index in [1.807, 2.05) is 18.2 Å². The van der Waals surface area contributed by atoms with Crippen molar-refractivity contribution in [1.29, 1.82) is 0 Å². The number of carbonyl (C=O) groups excluding carboxylic acids is 1. The van der Waals surface area contributed by atoms with E-state index in [0.29, 0.717) is 12.1 Å². The number of hydrogen-bond donors (Lipinski definition) is 3. The molecule has 1 fully saturated rings. The molecule has 7 heteroatoms. The van der Waals surface area contributed by atoms with Crippen LogP contribution in [-0.2, 0) is 4.79 Å². The zero-order chi connectivity index (χ0) is 19.9. The lowest BCUT2D eigenvalue weighted by Gasteiger charge is -2.33. The number of carbonyl (C=O) groups is 1. The van der Waals surface area contributed by atoms with E-state index in [4.69, 9.17) is 0 Å². The summed E-state index contributed by atoms with van der Waals surface area (Å²) in [5.74, 6) is -0.724.